The largest absolute Gasteiger partial charge is 0.338 e. The van der Waals surface area contributed by atoms with Gasteiger partial charge in [0.05, 0.1) is 11.7 Å². The Hall–Kier alpha value is -1.98. The summed E-state index contributed by atoms with van der Waals surface area (Å²) in [5.74, 6) is 1.41. The summed E-state index contributed by atoms with van der Waals surface area (Å²) in [4.78, 5) is 37.9. The molecule has 1 aliphatic carbocycles. The summed E-state index contributed by atoms with van der Waals surface area (Å²) in [6, 6.07) is 0.0283. The predicted octanol–water partition coefficient (Wildman–Crippen LogP) is 2.63. The average Bonchev–Trinajstić information content (AvgIpc) is 3.17. The van der Waals surface area contributed by atoms with E-state index in [-0.39, 0.29) is 17.9 Å². The molecule has 2 amide bonds. The van der Waals surface area contributed by atoms with Gasteiger partial charge in [0.15, 0.2) is 5.82 Å². The van der Waals surface area contributed by atoms with Crippen molar-refractivity contribution in [1.29, 1.82) is 0 Å². The molecule has 0 N–H and O–H groups in total. The van der Waals surface area contributed by atoms with Gasteiger partial charge >= 0.3 is 0 Å². The van der Waals surface area contributed by atoms with Crippen LogP contribution in [-0.2, 0) is 22.6 Å². The first-order valence-electron chi connectivity index (χ1n) is 10.0. The van der Waals surface area contributed by atoms with Crippen molar-refractivity contribution in [3.05, 3.63) is 23.3 Å². The highest BCUT2D eigenvalue weighted by atomic mass is 16.2. The lowest BCUT2D eigenvalue weighted by Crippen LogP contribution is -2.38. The highest BCUT2D eigenvalue weighted by Crippen LogP contribution is 2.35. The zero-order valence-corrected chi connectivity index (χ0v) is 15.6. The minimum atomic E-state index is 0.0283. The van der Waals surface area contributed by atoms with E-state index in [0.29, 0.717) is 19.0 Å². The molecule has 4 rings (SSSR count). The number of amides is 2. The second-order valence-corrected chi connectivity index (χ2v) is 7.92. The first-order valence-corrected chi connectivity index (χ1v) is 10.0. The lowest BCUT2D eigenvalue weighted by molar-refractivity contribution is -0.137. The summed E-state index contributed by atoms with van der Waals surface area (Å²) >= 11 is 0. The maximum atomic E-state index is 13.0. The summed E-state index contributed by atoms with van der Waals surface area (Å²) in [6.45, 7) is 3.75. The number of rotatable bonds is 2. The summed E-state index contributed by atoms with van der Waals surface area (Å²) in [5, 5.41) is 0. The molecule has 0 aromatic carbocycles. The van der Waals surface area contributed by atoms with Gasteiger partial charge in [-0.25, -0.2) is 9.97 Å². The number of fused-ring (bicyclic) bond motifs is 1. The zero-order valence-electron chi connectivity index (χ0n) is 15.6. The fourth-order valence-electron chi connectivity index (χ4n) is 4.64. The van der Waals surface area contributed by atoms with Gasteiger partial charge in [-0.2, -0.15) is 0 Å². The van der Waals surface area contributed by atoms with Crippen LogP contribution in [0.1, 0.15) is 75.0 Å². The van der Waals surface area contributed by atoms with Crippen LogP contribution in [0, 0.1) is 5.92 Å². The Morgan fingerprint density at radius 3 is 2.65 bits per heavy atom. The van der Waals surface area contributed by atoms with Crippen LogP contribution >= 0.6 is 0 Å². The second-order valence-electron chi connectivity index (χ2n) is 7.92. The smallest absolute Gasteiger partial charge is 0.226 e. The van der Waals surface area contributed by atoms with Crippen molar-refractivity contribution in [2.75, 3.05) is 13.1 Å². The summed E-state index contributed by atoms with van der Waals surface area (Å²) in [7, 11) is 0. The molecule has 1 saturated carbocycles. The van der Waals surface area contributed by atoms with E-state index in [1.165, 1.54) is 19.3 Å². The highest BCUT2D eigenvalue weighted by Gasteiger charge is 2.36. The number of hydrogen-bond acceptors (Lipinski definition) is 4. The molecule has 0 radical (unpaired) electrons. The molecule has 3 aliphatic rings. The molecular weight excluding hydrogens is 328 g/mol. The Bertz CT molecular complexity index is 699. The number of hydrogen-bond donors (Lipinski definition) is 0. The van der Waals surface area contributed by atoms with Crippen LogP contribution in [0.2, 0.25) is 0 Å². The minimum Gasteiger partial charge on any atom is -0.338 e. The lowest BCUT2D eigenvalue weighted by Gasteiger charge is -2.31. The summed E-state index contributed by atoms with van der Waals surface area (Å²) < 4.78 is 0. The Kier molecular flexibility index (Phi) is 4.92. The Labute approximate surface area is 155 Å². The molecule has 0 bridgehead atoms. The van der Waals surface area contributed by atoms with Crippen LogP contribution in [-0.4, -0.2) is 44.7 Å². The van der Waals surface area contributed by atoms with Crippen LogP contribution in [0.4, 0.5) is 0 Å². The van der Waals surface area contributed by atoms with E-state index in [0.717, 1.165) is 55.7 Å². The molecule has 3 heterocycles. The third kappa shape index (κ3) is 3.33. The fraction of sp³-hybridized carbons (Fsp3) is 0.700. The molecule has 6 heteroatoms. The van der Waals surface area contributed by atoms with Gasteiger partial charge in [-0.1, -0.05) is 19.3 Å². The van der Waals surface area contributed by atoms with Crippen LogP contribution in [0.15, 0.2) is 6.20 Å². The Morgan fingerprint density at radius 2 is 1.88 bits per heavy atom. The first kappa shape index (κ1) is 17.4. The molecule has 1 unspecified atom stereocenters. The van der Waals surface area contributed by atoms with Crippen LogP contribution in [0.5, 0.6) is 0 Å². The first-order chi connectivity index (χ1) is 12.6. The van der Waals surface area contributed by atoms with Crippen LogP contribution < -0.4 is 0 Å². The zero-order chi connectivity index (χ0) is 18.1. The van der Waals surface area contributed by atoms with E-state index in [9.17, 15) is 9.59 Å². The van der Waals surface area contributed by atoms with Gasteiger partial charge in [0.2, 0.25) is 11.8 Å². The molecule has 1 atom stereocenters. The number of aromatic nitrogens is 2. The Balaban J connectivity index is 1.51. The van der Waals surface area contributed by atoms with Crippen molar-refractivity contribution in [2.24, 2.45) is 5.92 Å². The molecule has 1 aromatic rings. The molecule has 1 aromatic heterocycles. The van der Waals surface area contributed by atoms with E-state index in [4.69, 9.17) is 4.98 Å². The van der Waals surface area contributed by atoms with Gasteiger partial charge in [-0.15, -0.1) is 0 Å². The number of carbonyl (C=O) groups excluding carboxylic acids is 2. The summed E-state index contributed by atoms with van der Waals surface area (Å²) in [6.07, 6.45) is 10.3. The van der Waals surface area contributed by atoms with E-state index in [1.807, 2.05) is 16.0 Å². The van der Waals surface area contributed by atoms with Gasteiger partial charge in [-0.05, 0) is 25.7 Å². The minimum absolute atomic E-state index is 0.0283. The molecule has 2 fully saturated rings. The SMILES string of the molecule is CC(=O)N1CCc2nc(C3CCCN3C(=O)C3CCCCC3)ncc2C1. The molecule has 1 saturated heterocycles. The third-order valence-corrected chi connectivity index (χ3v) is 6.19. The van der Waals surface area contributed by atoms with Crippen molar-refractivity contribution >= 4 is 11.8 Å². The molecule has 140 valence electrons. The van der Waals surface area contributed by atoms with Crippen molar-refractivity contribution < 1.29 is 9.59 Å². The molecule has 26 heavy (non-hydrogen) atoms. The molecular formula is C20H28N4O2. The average molecular weight is 356 g/mol. The van der Waals surface area contributed by atoms with Gasteiger partial charge < -0.3 is 9.80 Å². The van der Waals surface area contributed by atoms with Crippen molar-refractivity contribution in [3.63, 3.8) is 0 Å². The number of nitrogens with zero attached hydrogens (tertiary/aromatic N) is 4. The van der Waals surface area contributed by atoms with Gasteiger partial charge in [0, 0.05) is 50.7 Å². The molecule has 6 nitrogen and oxygen atoms in total. The van der Waals surface area contributed by atoms with E-state index in [2.05, 4.69) is 4.98 Å². The van der Waals surface area contributed by atoms with Crippen LogP contribution in [0.3, 0.4) is 0 Å². The normalized spacial score (nSPS) is 23.8. The number of carbonyl (C=O) groups is 2. The summed E-state index contributed by atoms with van der Waals surface area (Å²) in [5.41, 5.74) is 2.09. The monoisotopic (exact) mass is 356 g/mol. The lowest BCUT2D eigenvalue weighted by atomic mass is 9.88. The maximum absolute atomic E-state index is 13.0. The van der Waals surface area contributed by atoms with E-state index < -0.39 is 0 Å². The third-order valence-electron chi connectivity index (χ3n) is 6.19. The van der Waals surface area contributed by atoms with Crippen molar-refractivity contribution in [1.82, 2.24) is 19.8 Å². The van der Waals surface area contributed by atoms with Crippen LogP contribution in [0.25, 0.3) is 0 Å². The van der Waals surface area contributed by atoms with Crippen molar-refractivity contribution in [3.8, 4) is 0 Å². The fourth-order valence-corrected chi connectivity index (χ4v) is 4.64. The van der Waals surface area contributed by atoms with Crippen molar-refractivity contribution in [2.45, 2.75) is 70.9 Å². The second kappa shape index (κ2) is 7.33. The maximum Gasteiger partial charge on any atom is 0.226 e. The van der Waals surface area contributed by atoms with Gasteiger partial charge in [-0.3, -0.25) is 9.59 Å². The molecule has 2 aliphatic heterocycles. The van der Waals surface area contributed by atoms with Gasteiger partial charge in [0.25, 0.3) is 0 Å². The quantitative estimate of drug-likeness (QED) is 0.817. The molecule has 0 spiro atoms. The predicted molar refractivity (Wildman–Crippen MR) is 97.1 cm³/mol. The standard InChI is InChI=1S/C20H28N4O2/c1-14(25)23-11-9-17-16(13-23)12-21-19(22-17)18-8-5-10-24(18)20(26)15-6-3-2-4-7-15/h12,15,18H,2-11,13H2,1H3. The highest BCUT2D eigenvalue weighted by molar-refractivity contribution is 5.79. The van der Waals surface area contributed by atoms with E-state index >= 15 is 0 Å². The number of likely N-dealkylation sites (tertiary alicyclic amines) is 1. The van der Waals surface area contributed by atoms with E-state index in [1.54, 1.807) is 6.92 Å². The Morgan fingerprint density at radius 1 is 1.08 bits per heavy atom. The van der Waals surface area contributed by atoms with Gasteiger partial charge in [0.1, 0.15) is 0 Å². The topological polar surface area (TPSA) is 66.4 Å².